The third kappa shape index (κ3) is 2.89. The Bertz CT molecular complexity index is 751. The molecule has 1 amide bonds. The van der Waals surface area contributed by atoms with Gasteiger partial charge in [0.2, 0.25) is 5.89 Å². The number of hydrogen-bond acceptors (Lipinski definition) is 5. The van der Waals surface area contributed by atoms with Gasteiger partial charge in [-0.1, -0.05) is 23.3 Å². The van der Waals surface area contributed by atoms with Gasteiger partial charge in [0, 0.05) is 16.8 Å². The van der Waals surface area contributed by atoms with Gasteiger partial charge in [0.1, 0.15) is 0 Å². The Morgan fingerprint density at radius 2 is 1.71 bits per heavy atom. The van der Waals surface area contributed by atoms with Crippen molar-refractivity contribution in [3.05, 3.63) is 60.2 Å². The normalized spacial score (nSPS) is 10.3. The van der Waals surface area contributed by atoms with Crippen molar-refractivity contribution in [3.63, 3.8) is 0 Å². The second-order valence-corrected chi connectivity index (χ2v) is 4.34. The number of nitrogen functional groups attached to an aromatic ring is 1. The zero-order valence-corrected chi connectivity index (χ0v) is 11.0. The van der Waals surface area contributed by atoms with Crippen LogP contribution < -0.4 is 11.1 Å². The molecule has 1 aromatic heterocycles. The first kappa shape index (κ1) is 12.9. The van der Waals surface area contributed by atoms with E-state index in [0.717, 1.165) is 5.56 Å². The number of hydrogen-bond donors (Lipinski definition) is 2. The first-order valence-electron chi connectivity index (χ1n) is 6.28. The monoisotopic (exact) mass is 280 g/mol. The van der Waals surface area contributed by atoms with Gasteiger partial charge in [-0.05, 0) is 36.4 Å². The van der Waals surface area contributed by atoms with Crippen LogP contribution in [-0.2, 0) is 0 Å². The molecule has 2 aromatic carbocycles. The Morgan fingerprint density at radius 3 is 2.33 bits per heavy atom. The quantitative estimate of drug-likeness (QED) is 0.769. The van der Waals surface area contributed by atoms with E-state index in [4.69, 9.17) is 10.2 Å². The van der Waals surface area contributed by atoms with Crippen LogP contribution in [0.3, 0.4) is 0 Å². The highest BCUT2D eigenvalue weighted by molar-refractivity contribution is 6.04. The summed E-state index contributed by atoms with van der Waals surface area (Å²) in [5.41, 5.74) is 7.40. The number of amides is 1. The largest absolute Gasteiger partial charge is 0.404 e. The van der Waals surface area contributed by atoms with Crippen molar-refractivity contribution in [3.8, 4) is 11.5 Å². The maximum atomic E-state index is 12.0. The molecule has 6 nitrogen and oxygen atoms in total. The Balaban J connectivity index is 1.74. The standard InChI is InChI=1S/C15H12N4O2/c16-15-19-18-14(21-15)11-6-8-12(9-7-11)17-13(20)10-4-2-1-3-5-10/h1-9H,(H2,16,19)(H,17,20). The lowest BCUT2D eigenvalue weighted by molar-refractivity contribution is 0.102. The number of nitrogens with zero attached hydrogens (tertiary/aromatic N) is 2. The summed E-state index contributed by atoms with van der Waals surface area (Å²) in [4.78, 5) is 12.0. The molecule has 0 aliphatic rings. The lowest BCUT2D eigenvalue weighted by atomic mass is 10.2. The molecule has 3 N–H and O–H groups in total. The summed E-state index contributed by atoms with van der Waals surface area (Å²) >= 11 is 0. The second kappa shape index (κ2) is 5.46. The summed E-state index contributed by atoms with van der Waals surface area (Å²) < 4.78 is 5.13. The molecule has 0 bridgehead atoms. The molecule has 0 saturated carbocycles. The Hall–Kier alpha value is -3.15. The van der Waals surface area contributed by atoms with Crippen LogP contribution in [0.25, 0.3) is 11.5 Å². The van der Waals surface area contributed by atoms with Crippen LogP contribution in [0.1, 0.15) is 10.4 Å². The fourth-order valence-electron chi connectivity index (χ4n) is 1.84. The highest BCUT2D eigenvalue weighted by atomic mass is 16.4. The maximum absolute atomic E-state index is 12.0. The van der Waals surface area contributed by atoms with E-state index < -0.39 is 0 Å². The minimum Gasteiger partial charge on any atom is -0.404 e. The predicted octanol–water partition coefficient (Wildman–Crippen LogP) is 2.57. The molecule has 3 aromatic rings. The van der Waals surface area contributed by atoms with Crippen LogP contribution in [0.2, 0.25) is 0 Å². The lowest BCUT2D eigenvalue weighted by Gasteiger charge is -2.05. The highest BCUT2D eigenvalue weighted by Crippen LogP contribution is 2.21. The van der Waals surface area contributed by atoms with Gasteiger partial charge in [0.15, 0.2) is 0 Å². The van der Waals surface area contributed by atoms with Crippen LogP contribution in [0.5, 0.6) is 0 Å². The fourth-order valence-corrected chi connectivity index (χ4v) is 1.84. The van der Waals surface area contributed by atoms with E-state index in [1.165, 1.54) is 0 Å². The topological polar surface area (TPSA) is 94.0 Å². The average Bonchev–Trinajstić information content (AvgIpc) is 2.95. The van der Waals surface area contributed by atoms with Crippen molar-refractivity contribution in [1.29, 1.82) is 0 Å². The van der Waals surface area contributed by atoms with Crippen molar-refractivity contribution in [2.45, 2.75) is 0 Å². The van der Waals surface area contributed by atoms with Crippen LogP contribution in [0.15, 0.2) is 59.0 Å². The molecule has 0 fully saturated rings. The van der Waals surface area contributed by atoms with Crippen molar-refractivity contribution < 1.29 is 9.21 Å². The lowest BCUT2D eigenvalue weighted by Crippen LogP contribution is -2.11. The molecule has 3 rings (SSSR count). The number of carbonyl (C=O) groups is 1. The molecule has 21 heavy (non-hydrogen) atoms. The minimum absolute atomic E-state index is 0.0199. The summed E-state index contributed by atoms with van der Waals surface area (Å²) in [6.07, 6.45) is 0. The summed E-state index contributed by atoms with van der Waals surface area (Å²) in [6.45, 7) is 0. The number of benzene rings is 2. The SMILES string of the molecule is Nc1nnc(-c2ccc(NC(=O)c3ccccc3)cc2)o1. The van der Waals surface area contributed by atoms with Crippen LogP contribution in [0.4, 0.5) is 11.7 Å². The molecule has 0 unspecified atom stereocenters. The molecule has 0 aliphatic carbocycles. The number of carbonyl (C=O) groups excluding carboxylic acids is 1. The Morgan fingerprint density at radius 1 is 1.00 bits per heavy atom. The van der Waals surface area contributed by atoms with Gasteiger partial charge in [0.25, 0.3) is 5.91 Å². The van der Waals surface area contributed by atoms with Crippen LogP contribution >= 0.6 is 0 Å². The molecular weight excluding hydrogens is 268 g/mol. The Kier molecular flexibility index (Phi) is 3.34. The fraction of sp³-hybridized carbons (Fsp3) is 0. The van der Waals surface area contributed by atoms with Gasteiger partial charge in [-0.15, -0.1) is 5.10 Å². The van der Waals surface area contributed by atoms with Gasteiger partial charge in [-0.2, -0.15) is 0 Å². The molecule has 0 aliphatic heterocycles. The molecule has 6 heteroatoms. The Labute approximate surface area is 120 Å². The van der Waals surface area contributed by atoms with Crippen LogP contribution in [-0.4, -0.2) is 16.1 Å². The van der Waals surface area contributed by atoms with Gasteiger partial charge in [-0.25, -0.2) is 0 Å². The van der Waals surface area contributed by atoms with E-state index in [1.54, 1.807) is 36.4 Å². The van der Waals surface area contributed by atoms with E-state index in [1.807, 2.05) is 18.2 Å². The second-order valence-electron chi connectivity index (χ2n) is 4.34. The van der Waals surface area contributed by atoms with Crippen LogP contribution in [0, 0.1) is 0 Å². The zero-order chi connectivity index (χ0) is 14.7. The molecule has 0 saturated heterocycles. The maximum Gasteiger partial charge on any atom is 0.313 e. The van der Waals surface area contributed by atoms with E-state index in [0.29, 0.717) is 17.1 Å². The van der Waals surface area contributed by atoms with E-state index >= 15 is 0 Å². The van der Waals surface area contributed by atoms with Crippen molar-refractivity contribution >= 4 is 17.6 Å². The first-order valence-corrected chi connectivity index (χ1v) is 6.28. The van der Waals surface area contributed by atoms with Gasteiger partial charge < -0.3 is 15.5 Å². The molecular formula is C15H12N4O2. The predicted molar refractivity (Wildman–Crippen MR) is 78.5 cm³/mol. The molecule has 0 radical (unpaired) electrons. The van der Waals surface area contributed by atoms with Gasteiger partial charge >= 0.3 is 6.01 Å². The molecule has 0 atom stereocenters. The number of anilines is 2. The van der Waals surface area contributed by atoms with E-state index in [2.05, 4.69) is 15.5 Å². The van der Waals surface area contributed by atoms with E-state index in [9.17, 15) is 4.79 Å². The van der Waals surface area contributed by atoms with Crippen molar-refractivity contribution in [1.82, 2.24) is 10.2 Å². The summed E-state index contributed by atoms with van der Waals surface area (Å²) in [5.74, 6) is 0.179. The van der Waals surface area contributed by atoms with Gasteiger partial charge in [-0.3, -0.25) is 4.79 Å². The first-order chi connectivity index (χ1) is 10.2. The molecule has 1 heterocycles. The third-order valence-corrected chi connectivity index (χ3v) is 2.87. The molecule has 0 spiro atoms. The zero-order valence-electron chi connectivity index (χ0n) is 11.0. The summed E-state index contributed by atoms with van der Waals surface area (Å²) in [7, 11) is 0. The minimum atomic E-state index is -0.162. The highest BCUT2D eigenvalue weighted by Gasteiger charge is 2.08. The molecule has 104 valence electrons. The summed E-state index contributed by atoms with van der Waals surface area (Å²) in [6, 6.07) is 16.1. The van der Waals surface area contributed by atoms with Gasteiger partial charge in [0.05, 0.1) is 0 Å². The van der Waals surface area contributed by atoms with Crippen molar-refractivity contribution in [2.75, 3.05) is 11.1 Å². The smallest absolute Gasteiger partial charge is 0.313 e. The van der Waals surface area contributed by atoms with E-state index in [-0.39, 0.29) is 11.9 Å². The number of nitrogens with one attached hydrogen (secondary N) is 1. The third-order valence-electron chi connectivity index (χ3n) is 2.87. The average molecular weight is 280 g/mol. The number of rotatable bonds is 3. The van der Waals surface area contributed by atoms with Crippen molar-refractivity contribution in [2.24, 2.45) is 0 Å². The summed E-state index contributed by atoms with van der Waals surface area (Å²) in [5, 5.41) is 10.2. The number of aromatic nitrogens is 2. The number of nitrogens with two attached hydrogens (primary N) is 1.